The van der Waals surface area contributed by atoms with Crippen LogP contribution in [0.1, 0.15) is 61.0 Å². The van der Waals surface area contributed by atoms with Crippen LogP contribution in [0.2, 0.25) is 0 Å². The maximum absolute atomic E-state index is 12.6. The van der Waals surface area contributed by atoms with Crippen LogP contribution in [0.4, 0.5) is 10.5 Å². The summed E-state index contributed by atoms with van der Waals surface area (Å²) in [5.41, 5.74) is 5.20. The lowest BCUT2D eigenvalue weighted by molar-refractivity contribution is 0.0941. The smallest absolute Gasteiger partial charge is 0.407 e. The number of hydrogen-bond acceptors (Lipinski definition) is 6. The monoisotopic (exact) mass is 505 g/mol. The van der Waals surface area contributed by atoms with Crippen molar-refractivity contribution >= 4 is 17.7 Å². The number of carbonyl (C=O) groups is 2. The van der Waals surface area contributed by atoms with Gasteiger partial charge in [-0.15, -0.1) is 0 Å². The number of piperidine rings is 1. The number of nitrogens with zero attached hydrogens (tertiary/aromatic N) is 4. The van der Waals surface area contributed by atoms with Crippen molar-refractivity contribution in [1.29, 1.82) is 0 Å². The van der Waals surface area contributed by atoms with Gasteiger partial charge in [0.2, 0.25) is 0 Å². The van der Waals surface area contributed by atoms with Crippen LogP contribution in [-0.4, -0.2) is 58.3 Å². The van der Waals surface area contributed by atoms with Gasteiger partial charge in [0.1, 0.15) is 5.76 Å². The molecule has 1 saturated heterocycles. The molecule has 1 fully saturated rings. The minimum Gasteiger partial charge on any atom is -0.465 e. The number of carboxylic acid groups (broad SMARTS) is 1. The molecule has 9 heteroatoms. The number of amides is 2. The molecule has 0 spiro atoms. The number of aryl methyl sites for hydroxylation is 1. The maximum atomic E-state index is 12.6. The normalized spacial score (nSPS) is 15.9. The molecule has 2 aromatic heterocycles. The highest BCUT2D eigenvalue weighted by Crippen LogP contribution is 2.33. The Bertz CT molecular complexity index is 1280. The van der Waals surface area contributed by atoms with Gasteiger partial charge in [0.25, 0.3) is 5.91 Å². The van der Waals surface area contributed by atoms with Crippen LogP contribution in [0.25, 0.3) is 11.1 Å². The number of hydrogen-bond donors (Lipinski definition) is 2. The maximum Gasteiger partial charge on any atom is 0.407 e. The van der Waals surface area contributed by atoms with Crippen LogP contribution >= 0.6 is 0 Å². The van der Waals surface area contributed by atoms with E-state index in [4.69, 9.17) is 4.52 Å². The standard InChI is InChI=1S/C28H35N5O4/c1-18-13-19(8-9-20(18)15-30-26(34)23-14-25(37-31-23)28(2,3)4)22-10-11-29-16-24(22)33-12-6-7-21(17-33)32(5)27(35)36/h8-11,13-14,16,21H,6-7,12,15,17H2,1-5H3,(H,30,34)(H,35,36). The predicted octanol–water partition coefficient (Wildman–Crippen LogP) is 4.85. The number of anilines is 1. The number of pyridine rings is 1. The van der Waals surface area contributed by atoms with Crippen LogP contribution < -0.4 is 10.2 Å². The van der Waals surface area contributed by atoms with Crippen LogP contribution in [0.3, 0.4) is 0 Å². The van der Waals surface area contributed by atoms with Gasteiger partial charge in [-0.05, 0) is 42.5 Å². The van der Waals surface area contributed by atoms with Crippen molar-refractivity contribution in [2.24, 2.45) is 0 Å². The van der Waals surface area contributed by atoms with E-state index in [9.17, 15) is 14.7 Å². The van der Waals surface area contributed by atoms with Gasteiger partial charge in [-0.2, -0.15) is 0 Å². The van der Waals surface area contributed by atoms with Crippen molar-refractivity contribution in [3.63, 3.8) is 0 Å². The fourth-order valence-corrected chi connectivity index (χ4v) is 4.59. The first kappa shape index (κ1) is 26.2. The summed E-state index contributed by atoms with van der Waals surface area (Å²) in [6, 6.07) is 9.81. The Morgan fingerprint density at radius 1 is 1.24 bits per heavy atom. The molecular formula is C28H35N5O4. The van der Waals surface area contributed by atoms with Gasteiger partial charge in [0, 0.05) is 49.9 Å². The van der Waals surface area contributed by atoms with Crippen molar-refractivity contribution in [1.82, 2.24) is 20.4 Å². The molecule has 1 unspecified atom stereocenters. The highest BCUT2D eigenvalue weighted by molar-refractivity contribution is 5.92. The molecular weight excluding hydrogens is 470 g/mol. The summed E-state index contributed by atoms with van der Waals surface area (Å²) in [6.07, 6.45) is 4.48. The van der Waals surface area contributed by atoms with E-state index in [1.807, 2.05) is 52.1 Å². The van der Waals surface area contributed by atoms with Gasteiger partial charge in [-0.25, -0.2) is 4.79 Å². The molecule has 1 aromatic carbocycles. The van der Waals surface area contributed by atoms with E-state index in [-0.39, 0.29) is 23.1 Å². The first-order chi connectivity index (χ1) is 17.5. The van der Waals surface area contributed by atoms with Crippen molar-refractivity contribution < 1.29 is 19.2 Å². The van der Waals surface area contributed by atoms with E-state index < -0.39 is 6.09 Å². The molecule has 0 saturated carbocycles. The highest BCUT2D eigenvalue weighted by atomic mass is 16.5. The van der Waals surface area contributed by atoms with Crippen molar-refractivity contribution in [2.75, 3.05) is 25.0 Å². The number of rotatable bonds is 6. The minimum atomic E-state index is -0.908. The van der Waals surface area contributed by atoms with Crippen molar-refractivity contribution in [3.8, 4) is 11.1 Å². The summed E-state index contributed by atoms with van der Waals surface area (Å²) < 4.78 is 5.33. The van der Waals surface area contributed by atoms with E-state index in [1.165, 1.54) is 4.90 Å². The first-order valence-electron chi connectivity index (χ1n) is 12.5. The zero-order valence-corrected chi connectivity index (χ0v) is 22.1. The van der Waals surface area contributed by atoms with Gasteiger partial charge in [-0.3, -0.25) is 9.78 Å². The third kappa shape index (κ3) is 5.93. The predicted molar refractivity (Wildman–Crippen MR) is 142 cm³/mol. The fourth-order valence-electron chi connectivity index (χ4n) is 4.59. The molecule has 0 radical (unpaired) electrons. The average molecular weight is 506 g/mol. The molecule has 0 aliphatic carbocycles. The second-order valence-corrected chi connectivity index (χ2v) is 10.7. The molecule has 1 aliphatic rings. The van der Waals surface area contributed by atoms with Gasteiger partial charge >= 0.3 is 6.09 Å². The third-order valence-electron chi connectivity index (χ3n) is 6.96. The Kier molecular flexibility index (Phi) is 7.52. The van der Waals surface area contributed by atoms with E-state index in [0.717, 1.165) is 47.3 Å². The SMILES string of the molecule is Cc1cc(-c2ccncc2N2CCCC(N(C)C(=O)O)C2)ccc1CNC(=O)c1cc(C(C)(C)C)on1. The lowest BCUT2D eigenvalue weighted by Crippen LogP contribution is -2.48. The lowest BCUT2D eigenvalue weighted by atomic mass is 9.93. The summed E-state index contributed by atoms with van der Waals surface area (Å²) in [5.74, 6) is 0.395. The Morgan fingerprint density at radius 2 is 2.03 bits per heavy atom. The number of nitrogens with one attached hydrogen (secondary N) is 1. The summed E-state index contributed by atoms with van der Waals surface area (Å²) in [6.45, 7) is 9.90. The summed E-state index contributed by atoms with van der Waals surface area (Å²) in [5, 5.41) is 16.3. The Balaban J connectivity index is 1.48. The molecule has 37 heavy (non-hydrogen) atoms. The first-order valence-corrected chi connectivity index (χ1v) is 12.5. The summed E-state index contributed by atoms with van der Waals surface area (Å²) >= 11 is 0. The molecule has 0 bridgehead atoms. The number of carbonyl (C=O) groups excluding carboxylic acids is 1. The molecule has 196 valence electrons. The van der Waals surface area contributed by atoms with Crippen molar-refractivity contribution in [3.05, 3.63) is 65.3 Å². The third-order valence-corrected chi connectivity index (χ3v) is 6.96. The molecule has 9 nitrogen and oxygen atoms in total. The lowest BCUT2D eigenvalue weighted by Gasteiger charge is -2.38. The zero-order valence-electron chi connectivity index (χ0n) is 22.1. The van der Waals surface area contributed by atoms with Gasteiger partial charge in [-0.1, -0.05) is 44.1 Å². The summed E-state index contributed by atoms with van der Waals surface area (Å²) in [4.78, 5) is 32.1. The zero-order chi connectivity index (χ0) is 26.7. The molecule has 3 heterocycles. The molecule has 2 N–H and O–H groups in total. The topological polar surface area (TPSA) is 112 Å². The fraction of sp³-hybridized carbons (Fsp3) is 0.429. The van der Waals surface area contributed by atoms with E-state index in [1.54, 1.807) is 19.3 Å². The number of aromatic nitrogens is 2. The Morgan fingerprint density at radius 3 is 2.70 bits per heavy atom. The van der Waals surface area contributed by atoms with E-state index >= 15 is 0 Å². The van der Waals surface area contributed by atoms with Gasteiger partial charge in [0.15, 0.2) is 5.69 Å². The molecule has 4 rings (SSSR count). The van der Waals surface area contributed by atoms with Gasteiger partial charge < -0.3 is 24.7 Å². The van der Waals surface area contributed by atoms with E-state index in [0.29, 0.717) is 18.8 Å². The van der Waals surface area contributed by atoms with Crippen LogP contribution in [-0.2, 0) is 12.0 Å². The van der Waals surface area contributed by atoms with Crippen LogP contribution in [0, 0.1) is 6.92 Å². The number of likely N-dealkylation sites (N-methyl/N-ethyl adjacent to an activating group) is 1. The van der Waals surface area contributed by atoms with E-state index in [2.05, 4.69) is 26.4 Å². The molecule has 2 amide bonds. The highest BCUT2D eigenvalue weighted by Gasteiger charge is 2.27. The minimum absolute atomic E-state index is 0.0591. The summed E-state index contributed by atoms with van der Waals surface area (Å²) in [7, 11) is 1.63. The van der Waals surface area contributed by atoms with Crippen LogP contribution in [0.15, 0.2) is 47.2 Å². The average Bonchev–Trinajstić information content (AvgIpc) is 3.39. The quantitative estimate of drug-likeness (QED) is 0.492. The number of benzene rings is 1. The van der Waals surface area contributed by atoms with Gasteiger partial charge in [0.05, 0.1) is 17.9 Å². The molecule has 1 aliphatic heterocycles. The Labute approximate surface area is 217 Å². The largest absolute Gasteiger partial charge is 0.465 e. The van der Waals surface area contributed by atoms with Crippen molar-refractivity contribution in [2.45, 2.75) is 58.5 Å². The Hall–Kier alpha value is -3.88. The molecule has 1 atom stereocenters. The molecule has 3 aromatic rings. The second kappa shape index (κ2) is 10.6. The van der Waals surface area contributed by atoms with Crippen LogP contribution in [0.5, 0.6) is 0 Å². The second-order valence-electron chi connectivity index (χ2n) is 10.7.